The van der Waals surface area contributed by atoms with Gasteiger partial charge in [-0.25, -0.2) is 4.79 Å². The summed E-state index contributed by atoms with van der Waals surface area (Å²) in [4.78, 5) is 9.45. The first-order valence-corrected chi connectivity index (χ1v) is 1.55. The number of carbonyl (C=O) groups is 1. The van der Waals surface area contributed by atoms with Crippen molar-refractivity contribution in [1.29, 1.82) is 0 Å². The molecule has 0 rings (SSSR count). The second kappa shape index (κ2) is 4.19. The molecule has 0 bridgehead atoms. The van der Waals surface area contributed by atoms with E-state index in [0.29, 0.717) is 0 Å². The fourth-order valence-corrected chi connectivity index (χ4v) is 0. The van der Waals surface area contributed by atoms with Crippen molar-refractivity contribution in [1.82, 2.24) is 0 Å². The van der Waals surface area contributed by atoms with Gasteiger partial charge >= 0.3 is 5.97 Å². The molecule has 2 N–H and O–H groups in total. The predicted molar refractivity (Wildman–Crippen MR) is 25.1 cm³/mol. The van der Waals surface area contributed by atoms with Crippen molar-refractivity contribution in [3.05, 3.63) is 0 Å². The molecule has 0 saturated carbocycles. The fourth-order valence-electron chi connectivity index (χ4n) is 0. The van der Waals surface area contributed by atoms with Gasteiger partial charge in [0, 0.05) is 18.9 Å². The molecule has 0 aromatic carbocycles. The van der Waals surface area contributed by atoms with Gasteiger partial charge < -0.3 is 10.2 Å². The first kappa shape index (κ1) is 10.1. The Labute approximate surface area is 53.5 Å². The van der Waals surface area contributed by atoms with E-state index in [4.69, 9.17) is 10.2 Å². The van der Waals surface area contributed by atoms with Crippen LogP contribution >= 0.6 is 0 Å². The molecule has 3 nitrogen and oxygen atoms in total. The molecule has 0 amide bonds. The van der Waals surface area contributed by atoms with E-state index in [0.717, 1.165) is 0 Å². The Morgan fingerprint density at radius 2 is 1.86 bits per heavy atom. The van der Waals surface area contributed by atoms with Crippen molar-refractivity contribution in [3.8, 4) is 0 Å². The van der Waals surface area contributed by atoms with Crippen molar-refractivity contribution in [2.45, 2.75) is 13.0 Å². The summed E-state index contributed by atoms with van der Waals surface area (Å²) in [7, 11) is 0. The van der Waals surface area contributed by atoms with Crippen molar-refractivity contribution >= 4 is 24.8 Å². The largest absolute Gasteiger partial charge is 0.479 e. The van der Waals surface area contributed by atoms with E-state index in [9.17, 15) is 4.79 Å². The fraction of sp³-hybridized carbons (Fsp3) is 0.667. The Morgan fingerprint density at radius 3 is 1.86 bits per heavy atom. The Hall–Kier alpha value is 0.0274. The standard InChI is InChI=1S/C3H6O3.Li/c1-2(4)3(5)6;/h2,4H,1H3,(H,5,6);/t2-;/m0./s1. The predicted octanol–water partition coefficient (Wildman–Crippen LogP) is -0.929. The molecule has 0 aliphatic rings. The first-order valence-electron chi connectivity index (χ1n) is 1.55. The van der Waals surface area contributed by atoms with Gasteiger partial charge in [-0.15, -0.1) is 0 Å². The number of hydrogen-bond acceptors (Lipinski definition) is 2. The van der Waals surface area contributed by atoms with Crippen LogP contribution < -0.4 is 0 Å². The Bertz CT molecular complexity index is 61.2. The summed E-state index contributed by atoms with van der Waals surface area (Å²) in [5, 5.41) is 15.8. The Balaban J connectivity index is 0. The zero-order chi connectivity index (χ0) is 5.15. The van der Waals surface area contributed by atoms with Crippen LogP contribution in [0.4, 0.5) is 0 Å². The molecule has 1 radical (unpaired) electrons. The quantitative estimate of drug-likeness (QED) is 0.415. The van der Waals surface area contributed by atoms with Gasteiger partial charge in [0.25, 0.3) is 0 Å². The number of rotatable bonds is 1. The van der Waals surface area contributed by atoms with E-state index in [1.165, 1.54) is 6.92 Å². The normalized spacial score (nSPS) is 11.7. The van der Waals surface area contributed by atoms with Gasteiger partial charge in [0.15, 0.2) is 0 Å². The van der Waals surface area contributed by atoms with E-state index in [1.807, 2.05) is 0 Å². The monoisotopic (exact) mass is 97.0 g/mol. The van der Waals surface area contributed by atoms with E-state index in [1.54, 1.807) is 0 Å². The molecule has 1 atom stereocenters. The zero-order valence-corrected chi connectivity index (χ0v) is 4.38. The smallest absolute Gasteiger partial charge is 0.332 e. The number of carboxylic acid groups (broad SMARTS) is 1. The van der Waals surface area contributed by atoms with Gasteiger partial charge in [-0.1, -0.05) is 0 Å². The third kappa shape index (κ3) is 6.03. The van der Waals surface area contributed by atoms with Crippen LogP contribution in [0, 0.1) is 0 Å². The Morgan fingerprint density at radius 1 is 1.71 bits per heavy atom. The minimum absolute atomic E-state index is 0. The van der Waals surface area contributed by atoms with Crippen LogP contribution in [-0.4, -0.2) is 41.1 Å². The number of aliphatic hydroxyl groups is 1. The second-order valence-electron chi connectivity index (χ2n) is 1.01. The van der Waals surface area contributed by atoms with Crippen LogP contribution in [0.25, 0.3) is 0 Å². The molecule has 7 heavy (non-hydrogen) atoms. The second-order valence-corrected chi connectivity index (χ2v) is 1.01. The van der Waals surface area contributed by atoms with Gasteiger partial charge in [-0.2, -0.15) is 0 Å². The van der Waals surface area contributed by atoms with Gasteiger partial charge in [0.2, 0.25) is 0 Å². The first-order chi connectivity index (χ1) is 2.64. The van der Waals surface area contributed by atoms with E-state index < -0.39 is 12.1 Å². The number of aliphatic carboxylic acids is 1. The van der Waals surface area contributed by atoms with Crippen LogP contribution in [0.3, 0.4) is 0 Å². The number of aliphatic hydroxyl groups excluding tert-OH is 1. The van der Waals surface area contributed by atoms with E-state index in [-0.39, 0.29) is 18.9 Å². The molecule has 0 spiro atoms. The minimum atomic E-state index is -1.23. The van der Waals surface area contributed by atoms with Crippen molar-refractivity contribution in [3.63, 3.8) is 0 Å². The SMILES string of the molecule is C[C@H](O)C(=O)O.[Li]. The van der Waals surface area contributed by atoms with Gasteiger partial charge in [0.1, 0.15) is 6.10 Å². The molecule has 0 aromatic heterocycles. The van der Waals surface area contributed by atoms with Crippen molar-refractivity contribution in [2.24, 2.45) is 0 Å². The van der Waals surface area contributed by atoms with Crippen LogP contribution in [0.2, 0.25) is 0 Å². The summed E-state index contributed by atoms with van der Waals surface area (Å²) in [5.41, 5.74) is 0. The van der Waals surface area contributed by atoms with E-state index >= 15 is 0 Å². The summed E-state index contributed by atoms with van der Waals surface area (Å²) in [6.45, 7) is 1.20. The minimum Gasteiger partial charge on any atom is -0.479 e. The summed E-state index contributed by atoms with van der Waals surface area (Å²) in [6.07, 6.45) is -1.23. The average Bonchev–Trinajstić information content (AvgIpc) is 1.36. The molecule has 4 heteroatoms. The molecule has 0 unspecified atom stereocenters. The third-order valence-corrected chi connectivity index (χ3v) is 0.357. The summed E-state index contributed by atoms with van der Waals surface area (Å²) < 4.78 is 0. The Kier molecular flexibility index (Phi) is 6.05. The topological polar surface area (TPSA) is 57.5 Å². The number of carboxylic acids is 1. The number of hydrogen-bond donors (Lipinski definition) is 2. The maximum absolute atomic E-state index is 9.45. The molecule has 0 heterocycles. The average molecular weight is 97.0 g/mol. The van der Waals surface area contributed by atoms with Gasteiger partial charge in [-0.05, 0) is 6.92 Å². The van der Waals surface area contributed by atoms with Crippen LogP contribution in [0.15, 0.2) is 0 Å². The van der Waals surface area contributed by atoms with Gasteiger partial charge in [0.05, 0.1) is 0 Å². The molecule has 0 fully saturated rings. The maximum Gasteiger partial charge on any atom is 0.332 e. The van der Waals surface area contributed by atoms with Gasteiger partial charge in [-0.3, -0.25) is 0 Å². The molecular formula is C3H6LiO3. The molecule has 0 aliphatic carbocycles. The zero-order valence-electron chi connectivity index (χ0n) is 4.38. The summed E-state index contributed by atoms with van der Waals surface area (Å²) >= 11 is 0. The molecule has 0 aromatic rings. The van der Waals surface area contributed by atoms with Crippen LogP contribution in [0.5, 0.6) is 0 Å². The maximum atomic E-state index is 9.45. The molecular weight excluding hydrogens is 91.0 g/mol. The summed E-state index contributed by atoms with van der Waals surface area (Å²) in [6, 6.07) is 0. The molecule has 0 saturated heterocycles. The summed E-state index contributed by atoms with van der Waals surface area (Å²) in [5.74, 6) is -1.19. The molecule has 37 valence electrons. The van der Waals surface area contributed by atoms with Crippen LogP contribution in [0.1, 0.15) is 6.92 Å². The third-order valence-electron chi connectivity index (χ3n) is 0.357. The van der Waals surface area contributed by atoms with E-state index in [2.05, 4.69) is 0 Å². The molecule has 0 aliphatic heterocycles. The van der Waals surface area contributed by atoms with Crippen molar-refractivity contribution < 1.29 is 15.0 Å². The van der Waals surface area contributed by atoms with Crippen LogP contribution in [-0.2, 0) is 4.79 Å². The van der Waals surface area contributed by atoms with Crippen molar-refractivity contribution in [2.75, 3.05) is 0 Å².